The largest absolute Gasteiger partial charge is 0.394 e. The highest BCUT2D eigenvalue weighted by molar-refractivity contribution is 5.94. The molecule has 1 atom stereocenters. The summed E-state index contributed by atoms with van der Waals surface area (Å²) in [6, 6.07) is 3.73. The van der Waals surface area contributed by atoms with Crippen molar-refractivity contribution in [2.45, 2.75) is 19.6 Å². The van der Waals surface area contributed by atoms with E-state index in [4.69, 9.17) is 9.84 Å². The van der Waals surface area contributed by atoms with Gasteiger partial charge in [-0.1, -0.05) is 0 Å². The topological polar surface area (TPSA) is 58.6 Å². The van der Waals surface area contributed by atoms with E-state index in [1.807, 2.05) is 0 Å². The van der Waals surface area contributed by atoms with Gasteiger partial charge in [-0.2, -0.15) is 0 Å². The molecule has 0 fully saturated rings. The molecule has 0 spiro atoms. The Morgan fingerprint density at radius 3 is 2.88 bits per heavy atom. The molecule has 0 aliphatic heterocycles. The lowest BCUT2D eigenvalue weighted by atomic mass is 10.1. The van der Waals surface area contributed by atoms with Crippen LogP contribution in [0.5, 0.6) is 0 Å². The lowest BCUT2D eigenvalue weighted by Crippen LogP contribution is -2.35. The number of aliphatic hydroxyl groups is 1. The molecule has 17 heavy (non-hydrogen) atoms. The lowest BCUT2D eigenvalue weighted by molar-refractivity contribution is 0.0922. The van der Waals surface area contributed by atoms with Gasteiger partial charge in [0.25, 0.3) is 5.91 Å². The third-order valence-corrected chi connectivity index (χ3v) is 2.26. The first kappa shape index (κ1) is 13.6. The molecule has 1 rings (SSSR count). The number of halogens is 1. The molecule has 0 saturated carbocycles. The molecule has 1 aromatic rings. The van der Waals surface area contributed by atoms with Crippen LogP contribution in [0.4, 0.5) is 4.39 Å². The minimum absolute atomic E-state index is 0.114. The molecule has 5 heteroatoms. The van der Waals surface area contributed by atoms with Crippen LogP contribution in [-0.4, -0.2) is 30.8 Å². The zero-order valence-electron chi connectivity index (χ0n) is 9.87. The zero-order valence-corrected chi connectivity index (χ0v) is 9.87. The van der Waals surface area contributed by atoms with Gasteiger partial charge in [-0.05, 0) is 25.1 Å². The fraction of sp³-hybridized carbons (Fsp3) is 0.417. The van der Waals surface area contributed by atoms with E-state index in [-0.39, 0.29) is 25.2 Å². The van der Waals surface area contributed by atoms with Gasteiger partial charge in [0.15, 0.2) is 0 Å². The highest BCUT2D eigenvalue weighted by Crippen LogP contribution is 2.11. The average molecular weight is 241 g/mol. The van der Waals surface area contributed by atoms with E-state index in [9.17, 15) is 9.18 Å². The Hall–Kier alpha value is -1.46. The summed E-state index contributed by atoms with van der Waals surface area (Å²) in [4.78, 5) is 11.7. The van der Waals surface area contributed by atoms with Crippen molar-refractivity contribution in [2.24, 2.45) is 0 Å². The highest BCUT2D eigenvalue weighted by atomic mass is 19.1. The van der Waals surface area contributed by atoms with Gasteiger partial charge in [-0.15, -0.1) is 0 Å². The predicted octanol–water partition coefficient (Wildman–Crippen LogP) is 1.08. The molecule has 0 aliphatic carbocycles. The molecule has 0 aliphatic rings. The molecule has 0 aromatic heterocycles. The number of nitrogens with one attached hydrogen (secondary N) is 1. The second kappa shape index (κ2) is 6.32. The Morgan fingerprint density at radius 2 is 2.29 bits per heavy atom. The van der Waals surface area contributed by atoms with Crippen molar-refractivity contribution in [3.63, 3.8) is 0 Å². The van der Waals surface area contributed by atoms with Crippen LogP contribution in [-0.2, 0) is 11.3 Å². The van der Waals surface area contributed by atoms with Crippen molar-refractivity contribution in [3.8, 4) is 0 Å². The van der Waals surface area contributed by atoms with Crippen LogP contribution in [0.15, 0.2) is 18.2 Å². The molecule has 1 amide bonds. The van der Waals surface area contributed by atoms with E-state index in [0.29, 0.717) is 11.1 Å². The first-order valence-electron chi connectivity index (χ1n) is 5.27. The number of benzene rings is 1. The Balaban J connectivity index is 2.84. The van der Waals surface area contributed by atoms with Crippen LogP contribution in [0.25, 0.3) is 0 Å². The Bertz CT molecular complexity index is 395. The second-order valence-corrected chi connectivity index (χ2v) is 3.80. The number of methoxy groups -OCH3 is 1. The average Bonchev–Trinajstić information content (AvgIpc) is 2.32. The number of hydrogen-bond donors (Lipinski definition) is 2. The number of carbonyl (C=O) groups is 1. The van der Waals surface area contributed by atoms with Gasteiger partial charge in [0.05, 0.1) is 13.2 Å². The first-order chi connectivity index (χ1) is 8.08. The standard InChI is InChI=1S/C12H16FNO3/c1-8(6-15)14-12(16)9-3-4-11(13)10(5-9)7-17-2/h3-5,8,15H,6-7H2,1-2H3,(H,14,16). The molecule has 0 radical (unpaired) electrons. The summed E-state index contributed by atoms with van der Waals surface area (Å²) in [5, 5.41) is 11.4. The molecular formula is C12H16FNO3. The smallest absolute Gasteiger partial charge is 0.251 e. The quantitative estimate of drug-likeness (QED) is 0.811. The zero-order chi connectivity index (χ0) is 12.8. The van der Waals surface area contributed by atoms with E-state index in [1.54, 1.807) is 6.92 Å². The third kappa shape index (κ3) is 3.80. The summed E-state index contributed by atoms with van der Waals surface area (Å²) >= 11 is 0. The highest BCUT2D eigenvalue weighted by Gasteiger charge is 2.11. The normalized spacial score (nSPS) is 12.2. The third-order valence-electron chi connectivity index (χ3n) is 2.26. The van der Waals surface area contributed by atoms with Gasteiger partial charge in [-0.25, -0.2) is 4.39 Å². The Morgan fingerprint density at radius 1 is 1.59 bits per heavy atom. The van der Waals surface area contributed by atoms with E-state index < -0.39 is 5.82 Å². The summed E-state index contributed by atoms with van der Waals surface area (Å²) in [5.41, 5.74) is 0.676. The fourth-order valence-electron chi connectivity index (χ4n) is 1.33. The van der Waals surface area contributed by atoms with E-state index in [1.165, 1.54) is 25.3 Å². The maximum absolute atomic E-state index is 13.3. The maximum Gasteiger partial charge on any atom is 0.251 e. The number of hydrogen-bond acceptors (Lipinski definition) is 3. The second-order valence-electron chi connectivity index (χ2n) is 3.80. The van der Waals surface area contributed by atoms with Crippen LogP contribution < -0.4 is 5.32 Å². The van der Waals surface area contributed by atoms with E-state index >= 15 is 0 Å². The molecular weight excluding hydrogens is 225 g/mol. The number of carbonyl (C=O) groups excluding carboxylic acids is 1. The molecule has 0 saturated heterocycles. The number of amides is 1. The van der Waals surface area contributed by atoms with E-state index in [0.717, 1.165) is 0 Å². The minimum atomic E-state index is -0.404. The van der Waals surface area contributed by atoms with Crippen molar-refractivity contribution < 1.29 is 19.0 Å². The molecule has 4 nitrogen and oxygen atoms in total. The van der Waals surface area contributed by atoms with Crippen LogP contribution in [0, 0.1) is 5.82 Å². The molecule has 0 bridgehead atoms. The molecule has 94 valence electrons. The van der Waals surface area contributed by atoms with Gasteiger partial charge in [0, 0.05) is 24.3 Å². The summed E-state index contributed by atoms with van der Waals surface area (Å²) in [5.74, 6) is -0.748. The van der Waals surface area contributed by atoms with Gasteiger partial charge in [0.2, 0.25) is 0 Å². The van der Waals surface area contributed by atoms with Crippen molar-refractivity contribution in [1.82, 2.24) is 5.32 Å². The SMILES string of the molecule is COCc1cc(C(=O)NC(C)CO)ccc1F. The van der Waals surface area contributed by atoms with Crippen LogP contribution >= 0.6 is 0 Å². The number of aliphatic hydroxyl groups excluding tert-OH is 1. The van der Waals surface area contributed by atoms with Crippen LogP contribution in [0.1, 0.15) is 22.8 Å². The monoisotopic (exact) mass is 241 g/mol. The number of rotatable bonds is 5. The molecule has 1 unspecified atom stereocenters. The van der Waals surface area contributed by atoms with Crippen molar-refractivity contribution in [3.05, 3.63) is 35.1 Å². The summed E-state index contributed by atoms with van der Waals surface area (Å²) < 4.78 is 18.1. The van der Waals surface area contributed by atoms with Gasteiger partial charge >= 0.3 is 0 Å². The number of ether oxygens (including phenoxy) is 1. The molecule has 0 heterocycles. The predicted molar refractivity (Wildman–Crippen MR) is 61.1 cm³/mol. The molecule has 2 N–H and O–H groups in total. The van der Waals surface area contributed by atoms with Crippen molar-refractivity contribution in [2.75, 3.05) is 13.7 Å². The lowest BCUT2D eigenvalue weighted by Gasteiger charge is -2.11. The summed E-state index contributed by atoms with van der Waals surface area (Å²) in [6.45, 7) is 1.65. The molecule has 1 aromatic carbocycles. The maximum atomic E-state index is 13.3. The summed E-state index contributed by atoms with van der Waals surface area (Å²) in [6.07, 6.45) is 0. The van der Waals surface area contributed by atoms with Gasteiger partial charge in [0.1, 0.15) is 5.82 Å². The van der Waals surface area contributed by atoms with Crippen molar-refractivity contribution >= 4 is 5.91 Å². The first-order valence-corrected chi connectivity index (χ1v) is 5.27. The Kier molecular flexibility index (Phi) is 5.06. The van der Waals surface area contributed by atoms with E-state index in [2.05, 4.69) is 5.32 Å². The van der Waals surface area contributed by atoms with Gasteiger partial charge in [-0.3, -0.25) is 4.79 Å². The van der Waals surface area contributed by atoms with Crippen molar-refractivity contribution in [1.29, 1.82) is 0 Å². The van der Waals surface area contributed by atoms with Gasteiger partial charge < -0.3 is 15.2 Å². The van der Waals surface area contributed by atoms with Crippen LogP contribution in [0.3, 0.4) is 0 Å². The minimum Gasteiger partial charge on any atom is -0.394 e. The Labute approximate surface area is 99.4 Å². The summed E-state index contributed by atoms with van der Waals surface area (Å²) in [7, 11) is 1.46. The fourth-order valence-corrected chi connectivity index (χ4v) is 1.33. The van der Waals surface area contributed by atoms with Crippen LogP contribution in [0.2, 0.25) is 0 Å².